The largest absolute Gasteiger partial charge is 0.379 e. The quantitative estimate of drug-likeness (QED) is 0.851. The van der Waals surface area contributed by atoms with E-state index in [2.05, 4.69) is 14.3 Å². The molecule has 0 saturated carbocycles. The lowest BCUT2D eigenvalue weighted by Crippen LogP contribution is -2.35. The zero-order valence-electron chi connectivity index (χ0n) is 11.2. The molecule has 1 aromatic carbocycles. The zero-order chi connectivity index (χ0) is 14.6. The van der Waals surface area contributed by atoms with Gasteiger partial charge in [-0.3, -0.25) is 9.62 Å². The van der Waals surface area contributed by atoms with Gasteiger partial charge >= 0.3 is 0 Å². The molecular weight excluding hydrogens is 302 g/mol. The zero-order valence-corrected chi connectivity index (χ0v) is 12.8. The van der Waals surface area contributed by atoms with E-state index in [0.29, 0.717) is 10.7 Å². The second-order valence-corrected chi connectivity index (χ2v) is 6.53. The Kier molecular flexibility index (Phi) is 5.22. The van der Waals surface area contributed by atoms with Crippen molar-refractivity contribution in [2.45, 2.75) is 6.54 Å². The van der Waals surface area contributed by atoms with Gasteiger partial charge in [0.05, 0.1) is 18.9 Å². The summed E-state index contributed by atoms with van der Waals surface area (Å²) in [6, 6.07) is 5.16. The minimum Gasteiger partial charge on any atom is -0.379 e. The van der Waals surface area contributed by atoms with Crippen LogP contribution in [-0.4, -0.2) is 46.7 Å². The molecule has 20 heavy (non-hydrogen) atoms. The molecular formula is C12H18ClN3O3S. The molecule has 0 spiro atoms. The summed E-state index contributed by atoms with van der Waals surface area (Å²) in [5, 5.41) is 0.549. The lowest BCUT2D eigenvalue weighted by atomic mass is 10.2. The van der Waals surface area contributed by atoms with E-state index in [9.17, 15) is 8.42 Å². The molecule has 1 aliphatic rings. The molecule has 2 N–H and O–H groups in total. The lowest BCUT2D eigenvalue weighted by Gasteiger charge is -2.27. The van der Waals surface area contributed by atoms with Gasteiger partial charge in [0.15, 0.2) is 0 Å². The Hall–Kier alpha value is -0.860. The number of ether oxygens (including phenoxy) is 1. The molecule has 0 aromatic heterocycles. The fourth-order valence-corrected chi connectivity index (χ4v) is 2.73. The molecule has 0 unspecified atom stereocenters. The fraction of sp³-hybridized carbons (Fsp3) is 0.500. The Bertz CT molecular complexity index is 559. The molecule has 112 valence electrons. The van der Waals surface area contributed by atoms with Crippen molar-refractivity contribution in [1.29, 1.82) is 0 Å². The summed E-state index contributed by atoms with van der Waals surface area (Å²) in [7, 11) is -2.17. The van der Waals surface area contributed by atoms with Gasteiger partial charge in [0.25, 0.3) is 10.2 Å². The van der Waals surface area contributed by atoms with Crippen molar-refractivity contribution in [3.63, 3.8) is 0 Å². The van der Waals surface area contributed by atoms with Crippen molar-refractivity contribution in [2.24, 2.45) is 0 Å². The molecule has 0 bridgehead atoms. The number of hydrogen-bond acceptors (Lipinski definition) is 4. The van der Waals surface area contributed by atoms with Gasteiger partial charge < -0.3 is 4.74 Å². The summed E-state index contributed by atoms with van der Waals surface area (Å²) in [5.41, 5.74) is 1.41. The number of anilines is 1. The maximum atomic E-state index is 11.4. The minimum atomic E-state index is -3.51. The first-order valence-corrected chi connectivity index (χ1v) is 8.16. The Morgan fingerprint density at radius 2 is 2.05 bits per heavy atom. The van der Waals surface area contributed by atoms with Gasteiger partial charge in [-0.2, -0.15) is 8.42 Å². The van der Waals surface area contributed by atoms with Gasteiger partial charge in [0.2, 0.25) is 0 Å². The highest BCUT2D eigenvalue weighted by molar-refractivity contribution is 7.90. The molecule has 1 fully saturated rings. The minimum absolute atomic E-state index is 0.440. The van der Waals surface area contributed by atoms with Crippen LogP contribution in [0.4, 0.5) is 5.69 Å². The van der Waals surface area contributed by atoms with E-state index < -0.39 is 10.2 Å². The van der Waals surface area contributed by atoms with Gasteiger partial charge in [-0.25, -0.2) is 4.72 Å². The van der Waals surface area contributed by atoms with Crippen molar-refractivity contribution < 1.29 is 13.2 Å². The molecule has 2 rings (SSSR count). The van der Waals surface area contributed by atoms with Gasteiger partial charge in [-0.05, 0) is 17.7 Å². The van der Waals surface area contributed by atoms with E-state index in [1.165, 1.54) is 7.05 Å². The van der Waals surface area contributed by atoms with Gasteiger partial charge in [0, 0.05) is 31.7 Å². The number of nitrogens with one attached hydrogen (secondary N) is 2. The molecule has 0 aliphatic carbocycles. The summed E-state index contributed by atoms with van der Waals surface area (Å²) < 4.78 is 32.7. The first kappa shape index (κ1) is 15.5. The van der Waals surface area contributed by atoms with Crippen molar-refractivity contribution in [3.8, 4) is 0 Å². The third-order valence-corrected chi connectivity index (χ3v) is 4.47. The molecule has 6 nitrogen and oxygen atoms in total. The van der Waals surface area contributed by atoms with Crippen LogP contribution in [0.25, 0.3) is 0 Å². The summed E-state index contributed by atoms with van der Waals surface area (Å²) in [4.78, 5) is 2.25. The van der Waals surface area contributed by atoms with Crippen molar-refractivity contribution >= 4 is 27.5 Å². The predicted molar refractivity (Wildman–Crippen MR) is 79.2 cm³/mol. The van der Waals surface area contributed by atoms with Crippen LogP contribution in [0.3, 0.4) is 0 Å². The average Bonchev–Trinajstić information content (AvgIpc) is 2.43. The molecule has 1 aromatic rings. The summed E-state index contributed by atoms with van der Waals surface area (Å²) in [6.07, 6.45) is 0. The number of halogens is 1. The number of benzene rings is 1. The van der Waals surface area contributed by atoms with E-state index >= 15 is 0 Å². The van der Waals surface area contributed by atoms with Crippen LogP contribution in [-0.2, 0) is 21.5 Å². The molecule has 1 aliphatic heterocycles. The Balaban J connectivity index is 2.05. The third kappa shape index (κ3) is 4.32. The molecule has 8 heteroatoms. The number of hydrogen-bond donors (Lipinski definition) is 2. The average molecular weight is 320 g/mol. The standard InChI is InChI=1S/C12H18ClN3O3S/c1-14-20(17,18)15-11-3-2-10(12(13)8-11)9-16-4-6-19-7-5-16/h2-3,8,14-15H,4-7,9H2,1H3. The molecule has 1 heterocycles. The normalized spacial score (nSPS) is 17.1. The van der Waals surface area contributed by atoms with Crippen molar-refractivity contribution in [1.82, 2.24) is 9.62 Å². The summed E-state index contributed by atoms with van der Waals surface area (Å²) in [6.45, 7) is 3.96. The molecule has 0 radical (unpaired) electrons. The third-order valence-electron chi connectivity index (χ3n) is 3.07. The van der Waals surface area contributed by atoms with E-state index in [0.717, 1.165) is 38.4 Å². The Morgan fingerprint density at radius 1 is 1.35 bits per heavy atom. The van der Waals surface area contributed by atoms with E-state index in [1.807, 2.05) is 6.07 Å². The van der Waals surface area contributed by atoms with Crippen molar-refractivity contribution in [3.05, 3.63) is 28.8 Å². The maximum Gasteiger partial charge on any atom is 0.298 e. The Labute approximate surface area is 124 Å². The molecule has 0 atom stereocenters. The van der Waals surface area contributed by atoms with Gasteiger partial charge in [-0.15, -0.1) is 0 Å². The van der Waals surface area contributed by atoms with Gasteiger partial charge in [-0.1, -0.05) is 17.7 Å². The van der Waals surface area contributed by atoms with E-state index in [-0.39, 0.29) is 0 Å². The van der Waals surface area contributed by atoms with Crippen LogP contribution in [0.1, 0.15) is 5.56 Å². The summed E-state index contributed by atoms with van der Waals surface area (Å²) >= 11 is 6.21. The smallest absolute Gasteiger partial charge is 0.298 e. The molecule has 1 saturated heterocycles. The second-order valence-electron chi connectivity index (χ2n) is 4.50. The number of morpholine rings is 1. The number of nitrogens with zero attached hydrogens (tertiary/aromatic N) is 1. The highest BCUT2D eigenvalue weighted by Crippen LogP contribution is 2.23. The maximum absolute atomic E-state index is 11.4. The topological polar surface area (TPSA) is 70.7 Å². The van der Waals surface area contributed by atoms with Crippen LogP contribution >= 0.6 is 11.6 Å². The lowest BCUT2D eigenvalue weighted by molar-refractivity contribution is 0.0342. The monoisotopic (exact) mass is 319 g/mol. The van der Waals surface area contributed by atoms with E-state index in [1.54, 1.807) is 12.1 Å². The number of rotatable bonds is 5. The van der Waals surface area contributed by atoms with Crippen LogP contribution in [0.2, 0.25) is 5.02 Å². The van der Waals surface area contributed by atoms with Crippen molar-refractivity contribution in [2.75, 3.05) is 38.1 Å². The Morgan fingerprint density at radius 3 is 2.65 bits per heavy atom. The predicted octanol–water partition coefficient (Wildman–Crippen LogP) is 1.05. The van der Waals surface area contributed by atoms with Crippen LogP contribution in [0.5, 0.6) is 0 Å². The first-order chi connectivity index (χ1) is 9.50. The highest BCUT2D eigenvalue weighted by atomic mass is 35.5. The van der Waals surface area contributed by atoms with Crippen LogP contribution in [0, 0.1) is 0 Å². The highest BCUT2D eigenvalue weighted by Gasteiger charge is 2.13. The second kappa shape index (κ2) is 6.73. The summed E-state index contributed by atoms with van der Waals surface area (Å²) in [5.74, 6) is 0. The van der Waals surface area contributed by atoms with Gasteiger partial charge in [0.1, 0.15) is 0 Å². The SMILES string of the molecule is CNS(=O)(=O)Nc1ccc(CN2CCOCC2)c(Cl)c1. The first-order valence-electron chi connectivity index (χ1n) is 6.30. The molecule has 0 amide bonds. The van der Waals surface area contributed by atoms with Crippen LogP contribution in [0.15, 0.2) is 18.2 Å². The van der Waals surface area contributed by atoms with E-state index in [4.69, 9.17) is 16.3 Å². The van der Waals surface area contributed by atoms with Crippen LogP contribution < -0.4 is 9.44 Å². The fourth-order valence-electron chi connectivity index (χ4n) is 1.95.